The molecule has 0 atom stereocenters. The van der Waals surface area contributed by atoms with Crippen molar-refractivity contribution in [1.82, 2.24) is 4.98 Å². The van der Waals surface area contributed by atoms with Crippen molar-refractivity contribution in [2.75, 3.05) is 6.61 Å². The van der Waals surface area contributed by atoms with Gasteiger partial charge < -0.3 is 22.0 Å². The minimum Gasteiger partial charge on any atom is -0.489 e. The SMILES string of the molecule is F[B-](F)(F)F.c1ccc(OCC[n+]2cc[nH]c2)cc1. The Balaban J connectivity index is 0.000000312. The van der Waals surface area contributed by atoms with Gasteiger partial charge in [0.25, 0.3) is 0 Å². The number of H-pyrrole nitrogens is 1. The molecule has 0 aliphatic heterocycles. The molecule has 0 aliphatic carbocycles. The van der Waals surface area contributed by atoms with Crippen LogP contribution >= 0.6 is 0 Å². The van der Waals surface area contributed by atoms with E-state index in [-0.39, 0.29) is 0 Å². The fraction of sp³-hybridized carbons (Fsp3) is 0.182. The fourth-order valence-electron chi connectivity index (χ4n) is 1.25. The van der Waals surface area contributed by atoms with Crippen molar-refractivity contribution in [3.8, 4) is 5.75 Å². The Labute approximate surface area is 107 Å². The Morgan fingerprint density at radius 1 is 1.11 bits per heavy atom. The molecule has 0 unspecified atom stereocenters. The summed E-state index contributed by atoms with van der Waals surface area (Å²) >= 11 is 0. The second-order valence-electron chi connectivity index (χ2n) is 3.51. The van der Waals surface area contributed by atoms with Crippen molar-refractivity contribution in [1.29, 1.82) is 0 Å². The van der Waals surface area contributed by atoms with Crippen LogP contribution in [0.2, 0.25) is 0 Å². The maximum Gasteiger partial charge on any atom is 0.673 e. The zero-order valence-electron chi connectivity index (χ0n) is 9.98. The van der Waals surface area contributed by atoms with Crippen LogP contribution in [0.25, 0.3) is 0 Å². The molecule has 3 nitrogen and oxygen atoms in total. The van der Waals surface area contributed by atoms with Crippen LogP contribution < -0.4 is 9.30 Å². The second kappa shape index (κ2) is 7.45. The molecule has 1 aromatic carbocycles. The van der Waals surface area contributed by atoms with Crippen LogP contribution in [0.4, 0.5) is 17.3 Å². The highest BCUT2D eigenvalue weighted by Gasteiger charge is 2.20. The van der Waals surface area contributed by atoms with Crippen LogP contribution in [-0.2, 0) is 6.54 Å². The van der Waals surface area contributed by atoms with Gasteiger partial charge in [0.2, 0.25) is 6.33 Å². The smallest absolute Gasteiger partial charge is 0.489 e. The number of nitrogens with zero attached hydrogens (tertiary/aromatic N) is 1. The number of hydrogen-bond acceptors (Lipinski definition) is 1. The highest BCUT2D eigenvalue weighted by molar-refractivity contribution is 6.50. The predicted molar refractivity (Wildman–Crippen MR) is 63.1 cm³/mol. The first-order valence-corrected chi connectivity index (χ1v) is 5.52. The van der Waals surface area contributed by atoms with Gasteiger partial charge in [-0.3, -0.25) is 4.98 Å². The van der Waals surface area contributed by atoms with Gasteiger partial charge in [-0.05, 0) is 12.1 Å². The average molecular weight is 276 g/mol. The van der Waals surface area contributed by atoms with Crippen molar-refractivity contribution >= 4 is 7.25 Å². The second-order valence-corrected chi connectivity index (χ2v) is 3.51. The van der Waals surface area contributed by atoms with E-state index in [0.29, 0.717) is 6.61 Å². The number of imidazole rings is 1. The highest BCUT2D eigenvalue weighted by atomic mass is 19.5. The summed E-state index contributed by atoms with van der Waals surface area (Å²) in [7, 11) is -6.00. The number of nitrogens with one attached hydrogen (secondary N) is 1. The molecule has 0 bridgehead atoms. The molecule has 0 saturated carbocycles. The summed E-state index contributed by atoms with van der Waals surface area (Å²) in [5, 5.41) is 0. The Morgan fingerprint density at radius 2 is 1.74 bits per heavy atom. The lowest BCUT2D eigenvalue weighted by Gasteiger charge is -2.03. The molecular weight excluding hydrogens is 263 g/mol. The van der Waals surface area contributed by atoms with E-state index >= 15 is 0 Å². The number of rotatable bonds is 4. The summed E-state index contributed by atoms with van der Waals surface area (Å²) < 4.78 is 46.6. The summed E-state index contributed by atoms with van der Waals surface area (Å²) in [6, 6.07) is 9.84. The molecule has 0 saturated heterocycles. The van der Waals surface area contributed by atoms with Crippen molar-refractivity contribution in [2.45, 2.75) is 6.54 Å². The van der Waals surface area contributed by atoms with Gasteiger partial charge in [0.1, 0.15) is 31.3 Å². The molecule has 8 heteroatoms. The van der Waals surface area contributed by atoms with E-state index in [9.17, 15) is 17.3 Å². The van der Waals surface area contributed by atoms with Gasteiger partial charge in [-0.1, -0.05) is 18.2 Å². The molecule has 1 heterocycles. The normalized spacial score (nSPS) is 10.5. The number of benzene rings is 1. The quantitative estimate of drug-likeness (QED) is 0.519. The van der Waals surface area contributed by atoms with Gasteiger partial charge in [0.05, 0.1) is 0 Å². The zero-order chi connectivity index (χ0) is 14.1. The van der Waals surface area contributed by atoms with E-state index in [1.54, 1.807) is 0 Å². The number of aromatic nitrogens is 2. The summed E-state index contributed by atoms with van der Waals surface area (Å²) in [6.45, 7) is 1.55. The first-order chi connectivity index (χ1) is 8.95. The number of aromatic amines is 1. The molecule has 1 N–H and O–H groups in total. The van der Waals surface area contributed by atoms with Crippen molar-refractivity contribution < 1.29 is 26.6 Å². The molecular formula is C11H13BF4N2O. The summed E-state index contributed by atoms with van der Waals surface area (Å²) in [5.41, 5.74) is 0. The van der Waals surface area contributed by atoms with Gasteiger partial charge in [-0.2, -0.15) is 0 Å². The molecule has 0 fully saturated rings. The third kappa shape index (κ3) is 8.70. The maximum absolute atomic E-state index is 9.75. The number of halogens is 4. The van der Waals surface area contributed by atoms with E-state index in [2.05, 4.69) is 4.98 Å². The fourth-order valence-corrected chi connectivity index (χ4v) is 1.25. The first kappa shape index (κ1) is 15.1. The monoisotopic (exact) mass is 276 g/mol. The average Bonchev–Trinajstić information content (AvgIpc) is 2.81. The summed E-state index contributed by atoms with van der Waals surface area (Å²) in [6.07, 6.45) is 5.78. The summed E-state index contributed by atoms with van der Waals surface area (Å²) in [4.78, 5) is 2.99. The van der Waals surface area contributed by atoms with Crippen molar-refractivity contribution in [2.24, 2.45) is 0 Å². The predicted octanol–water partition coefficient (Wildman–Crippen LogP) is 2.68. The lowest BCUT2D eigenvalue weighted by Crippen LogP contribution is -2.33. The van der Waals surface area contributed by atoms with Crippen LogP contribution in [0.1, 0.15) is 0 Å². The molecule has 0 radical (unpaired) electrons. The molecule has 0 spiro atoms. The van der Waals surface area contributed by atoms with E-state index in [1.165, 1.54) is 0 Å². The standard InChI is InChI=1S/C11H12N2O.BF4/c1-2-4-11(5-3-1)14-9-8-13-7-6-12-10-13;2-1(3,4)5/h1-7,10H,8-9H2;/q;-1/p+1. The third-order valence-electron chi connectivity index (χ3n) is 1.96. The molecule has 19 heavy (non-hydrogen) atoms. The minimum atomic E-state index is -6.00. The molecule has 0 amide bonds. The summed E-state index contributed by atoms with van der Waals surface area (Å²) in [5.74, 6) is 0.920. The van der Waals surface area contributed by atoms with E-state index in [4.69, 9.17) is 4.74 Å². The third-order valence-corrected chi connectivity index (χ3v) is 1.96. The maximum atomic E-state index is 9.75. The van der Waals surface area contributed by atoms with Gasteiger partial charge in [-0.25, -0.2) is 4.57 Å². The van der Waals surface area contributed by atoms with Crippen LogP contribution in [0.15, 0.2) is 49.1 Å². The molecule has 2 rings (SSSR count). The van der Waals surface area contributed by atoms with Crippen LogP contribution in [-0.4, -0.2) is 18.8 Å². The lowest BCUT2D eigenvalue weighted by molar-refractivity contribution is -0.696. The topological polar surface area (TPSA) is 28.9 Å². The minimum absolute atomic E-state index is 0.687. The van der Waals surface area contributed by atoms with Crippen molar-refractivity contribution in [3.63, 3.8) is 0 Å². The van der Waals surface area contributed by atoms with Gasteiger partial charge >= 0.3 is 7.25 Å². The Bertz CT molecular complexity index is 441. The zero-order valence-corrected chi connectivity index (χ0v) is 9.98. The molecule has 104 valence electrons. The van der Waals surface area contributed by atoms with Crippen LogP contribution in [0.5, 0.6) is 5.75 Å². The largest absolute Gasteiger partial charge is 0.673 e. The first-order valence-electron chi connectivity index (χ1n) is 5.52. The van der Waals surface area contributed by atoms with Crippen LogP contribution in [0, 0.1) is 0 Å². The van der Waals surface area contributed by atoms with Crippen molar-refractivity contribution in [3.05, 3.63) is 49.1 Å². The Kier molecular flexibility index (Phi) is 5.91. The Hall–Kier alpha value is -1.99. The molecule has 0 aliphatic rings. The van der Waals surface area contributed by atoms with Gasteiger partial charge in [0.15, 0.2) is 0 Å². The van der Waals surface area contributed by atoms with E-state index < -0.39 is 7.25 Å². The lowest BCUT2D eigenvalue weighted by atomic mass is 10.3. The Morgan fingerprint density at radius 3 is 2.26 bits per heavy atom. The number of hydrogen-bond donors (Lipinski definition) is 1. The number of ether oxygens (including phenoxy) is 1. The number of para-hydroxylation sites is 1. The van der Waals surface area contributed by atoms with Crippen LogP contribution in [0.3, 0.4) is 0 Å². The van der Waals surface area contributed by atoms with Gasteiger partial charge in [0, 0.05) is 0 Å². The van der Waals surface area contributed by atoms with E-state index in [0.717, 1.165) is 12.3 Å². The molecule has 1 aromatic heterocycles. The highest BCUT2D eigenvalue weighted by Crippen LogP contribution is 2.07. The van der Waals surface area contributed by atoms with Gasteiger partial charge in [-0.15, -0.1) is 0 Å². The van der Waals surface area contributed by atoms with E-state index in [1.807, 2.05) is 53.6 Å². The molecule has 2 aromatic rings.